The topological polar surface area (TPSA) is 182 Å². The van der Waals surface area contributed by atoms with Crippen molar-refractivity contribution in [3.63, 3.8) is 0 Å². The smallest absolute Gasteiger partial charge is 0.408 e. The number of hydrogen-bond donors (Lipinski definition) is 3. The molecular formula is C42H55N5O9S. The molecule has 3 N–H and O–H groups in total. The second-order valence-electron chi connectivity index (χ2n) is 17.5. The number of allylic oxidation sites excluding steroid dienone is 1. The summed E-state index contributed by atoms with van der Waals surface area (Å²) >= 11 is 0. The Morgan fingerprint density at radius 1 is 1.00 bits per heavy atom. The van der Waals surface area contributed by atoms with Crippen LogP contribution in [0.1, 0.15) is 91.4 Å². The molecule has 10 atom stereocenters. The lowest BCUT2D eigenvalue weighted by molar-refractivity contribution is -0.142. The predicted molar refractivity (Wildman–Crippen MR) is 210 cm³/mol. The Morgan fingerprint density at radius 3 is 2.49 bits per heavy atom. The maximum absolute atomic E-state index is 14.9. The molecule has 0 radical (unpaired) electrons. The monoisotopic (exact) mass is 805 g/mol. The highest BCUT2D eigenvalue weighted by Gasteiger charge is 2.62. The number of rotatable bonds is 10. The molecule has 1 aromatic carbocycles. The lowest BCUT2D eigenvalue weighted by Gasteiger charge is -2.33. The number of benzene rings is 1. The minimum absolute atomic E-state index is 0.00108. The molecule has 2 aromatic rings. The van der Waals surface area contributed by atoms with Crippen LogP contribution in [0.25, 0.3) is 10.8 Å². The van der Waals surface area contributed by atoms with E-state index in [0.29, 0.717) is 61.1 Å². The van der Waals surface area contributed by atoms with Crippen LogP contribution in [0.5, 0.6) is 11.6 Å². The summed E-state index contributed by atoms with van der Waals surface area (Å²) < 4.78 is 46.4. The number of fused-ring (bicyclic) bond motifs is 4. The number of nitrogens with one attached hydrogen (secondary N) is 3. The van der Waals surface area contributed by atoms with Gasteiger partial charge in [0.25, 0.3) is 5.91 Å². The molecule has 3 heterocycles. The minimum Gasteiger partial charge on any atom is -0.491 e. The Balaban J connectivity index is 1.10. The van der Waals surface area contributed by atoms with Crippen LogP contribution in [-0.4, -0.2) is 90.3 Å². The summed E-state index contributed by atoms with van der Waals surface area (Å²) in [6.45, 7) is 6.58. The molecule has 6 aliphatic rings. The molecule has 0 bridgehead atoms. The van der Waals surface area contributed by atoms with Gasteiger partial charge in [0, 0.05) is 23.1 Å². The molecule has 1 saturated heterocycles. The lowest BCUT2D eigenvalue weighted by Crippen LogP contribution is -2.59. The van der Waals surface area contributed by atoms with Crippen molar-refractivity contribution in [2.24, 2.45) is 29.6 Å². The van der Waals surface area contributed by atoms with Crippen molar-refractivity contribution in [3.8, 4) is 11.6 Å². The summed E-state index contributed by atoms with van der Waals surface area (Å²) in [5, 5.41) is 6.73. The van der Waals surface area contributed by atoms with Gasteiger partial charge >= 0.3 is 6.09 Å². The van der Waals surface area contributed by atoms with Crippen molar-refractivity contribution >= 4 is 44.6 Å². The summed E-state index contributed by atoms with van der Waals surface area (Å²) in [6.07, 6.45) is 11.0. The van der Waals surface area contributed by atoms with Crippen molar-refractivity contribution in [1.29, 1.82) is 0 Å². The van der Waals surface area contributed by atoms with E-state index >= 15 is 0 Å². The van der Waals surface area contributed by atoms with E-state index in [1.165, 1.54) is 11.3 Å². The van der Waals surface area contributed by atoms with Crippen molar-refractivity contribution in [2.45, 2.75) is 126 Å². The van der Waals surface area contributed by atoms with Gasteiger partial charge in [-0.05, 0) is 93.9 Å². The lowest BCUT2D eigenvalue weighted by atomic mass is 9.88. The first-order valence-corrected chi connectivity index (χ1v) is 22.4. The highest BCUT2D eigenvalue weighted by atomic mass is 32.2. The van der Waals surface area contributed by atoms with Crippen LogP contribution in [0.3, 0.4) is 0 Å². The third-order valence-electron chi connectivity index (χ3n) is 12.8. The Kier molecular flexibility index (Phi) is 10.9. The fraction of sp³-hybridized carbons (Fsp3) is 0.643. The van der Waals surface area contributed by atoms with Crippen molar-refractivity contribution in [1.82, 2.24) is 25.2 Å². The summed E-state index contributed by atoms with van der Waals surface area (Å²) in [6, 6.07) is 5.46. The number of pyridine rings is 1. The molecule has 5 fully saturated rings. The van der Waals surface area contributed by atoms with Crippen molar-refractivity contribution < 1.29 is 41.8 Å². The Hall–Kier alpha value is -4.40. The van der Waals surface area contributed by atoms with Gasteiger partial charge < -0.3 is 29.7 Å². The van der Waals surface area contributed by atoms with E-state index in [-0.39, 0.29) is 37.3 Å². The third kappa shape index (κ3) is 8.45. The van der Waals surface area contributed by atoms with E-state index in [4.69, 9.17) is 14.2 Å². The molecule has 1 aromatic heterocycles. The summed E-state index contributed by atoms with van der Waals surface area (Å²) in [7, 11) is -3.90. The zero-order valence-corrected chi connectivity index (χ0v) is 33.8. The van der Waals surface area contributed by atoms with Gasteiger partial charge in [-0.3, -0.25) is 19.1 Å². The second-order valence-corrected chi connectivity index (χ2v) is 19.4. The Labute approximate surface area is 334 Å². The predicted octanol–water partition coefficient (Wildman–Crippen LogP) is 4.76. The SMILES string of the molecule is CCCOc1cnc(O[C@@H]2C[C@H]3C(=O)N[C@]4(C(=O)NS(=O)(=O)C5CC5)CC4/C=C\CC[C@@H](C)C[C@@H](C)[C@H](NC(=O)OC4C[C@@H]5C[C@@H]5C4)C(=O)N3C2)c2ccccc12. The fourth-order valence-corrected chi connectivity index (χ4v) is 10.6. The van der Waals surface area contributed by atoms with Gasteiger partial charge in [-0.2, -0.15) is 0 Å². The quantitative estimate of drug-likeness (QED) is 0.283. The molecule has 14 nitrogen and oxygen atoms in total. The van der Waals surface area contributed by atoms with Crippen molar-refractivity contribution in [3.05, 3.63) is 42.6 Å². The largest absolute Gasteiger partial charge is 0.491 e. The van der Waals surface area contributed by atoms with Gasteiger partial charge in [0.05, 0.1) is 24.6 Å². The van der Waals surface area contributed by atoms with E-state index in [9.17, 15) is 27.6 Å². The Morgan fingerprint density at radius 2 is 1.75 bits per heavy atom. The van der Waals surface area contributed by atoms with Crippen LogP contribution in [0.15, 0.2) is 42.6 Å². The highest BCUT2D eigenvalue weighted by molar-refractivity contribution is 7.91. The first-order chi connectivity index (χ1) is 27.3. The maximum atomic E-state index is 14.9. The molecule has 0 spiro atoms. The van der Waals surface area contributed by atoms with Crippen LogP contribution in [0.2, 0.25) is 0 Å². The standard InChI is InChI=1S/C42H55N5O9S/c1-4-15-54-35-22-43-38(33-12-8-7-11-32(33)35)55-30-20-34-37(48)45-42(40(50)46-57(52,53)31-13-14-31)21-28(42)10-6-5-9-24(2)16-25(3)36(39(49)47(34)23-30)44-41(51)56-29-18-26-17-27(26)19-29/h6-8,10-12,22,24-31,34,36H,4-5,9,13-21,23H2,1-3H3,(H,44,51)(H,45,48)(H,46,50)/b10-6-/t24-,25-,26-,27+,28?,29?,30-,34+,36+,42-/m1/s1. The number of aromatic nitrogens is 1. The summed E-state index contributed by atoms with van der Waals surface area (Å²) in [4.78, 5) is 62.8. The second kappa shape index (κ2) is 15.7. The number of carbonyl (C=O) groups excluding carboxylic acids is 4. The molecule has 2 aliphatic heterocycles. The fourth-order valence-electron chi connectivity index (χ4n) is 9.29. The number of alkyl carbamates (subject to hydrolysis) is 1. The maximum Gasteiger partial charge on any atom is 0.408 e. The van der Waals surface area contributed by atoms with Crippen LogP contribution >= 0.6 is 0 Å². The van der Waals surface area contributed by atoms with Gasteiger partial charge in [0.15, 0.2) is 0 Å². The number of amides is 4. The summed E-state index contributed by atoms with van der Waals surface area (Å²) in [5.41, 5.74) is -1.50. The molecule has 308 valence electrons. The number of carbonyl (C=O) groups is 4. The number of ether oxygens (including phenoxy) is 3. The highest BCUT2D eigenvalue weighted by Crippen LogP contribution is 2.52. The van der Waals surface area contributed by atoms with Gasteiger partial charge in [0.2, 0.25) is 27.7 Å². The molecule has 4 amide bonds. The third-order valence-corrected chi connectivity index (χ3v) is 14.6. The summed E-state index contributed by atoms with van der Waals surface area (Å²) in [5.74, 6) is -0.252. The molecular weight excluding hydrogens is 751 g/mol. The van der Waals surface area contributed by atoms with E-state index < -0.39 is 68.7 Å². The van der Waals surface area contributed by atoms with Gasteiger partial charge in [-0.1, -0.05) is 51.1 Å². The van der Waals surface area contributed by atoms with E-state index in [1.54, 1.807) is 6.20 Å². The zero-order valence-electron chi connectivity index (χ0n) is 33.0. The minimum atomic E-state index is -3.90. The molecule has 8 rings (SSSR count). The van der Waals surface area contributed by atoms with Crippen molar-refractivity contribution in [2.75, 3.05) is 13.2 Å². The van der Waals surface area contributed by atoms with Gasteiger partial charge in [-0.15, -0.1) is 0 Å². The molecule has 4 aliphatic carbocycles. The average Bonchev–Trinajstić information content (AvgIpc) is 4.14. The normalized spacial score (nSPS) is 34.4. The number of hydrogen-bond acceptors (Lipinski definition) is 10. The van der Waals surface area contributed by atoms with E-state index in [2.05, 4.69) is 27.3 Å². The number of nitrogens with zero attached hydrogens (tertiary/aromatic N) is 2. The first-order valence-electron chi connectivity index (χ1n) is 20.8. The van der Waals surface area contributed by atoms with Crippen LogP contribution in [-0.2, 0) is 29.1 Å². The average molecular weight is 806 g/mol. The van der Waals surface area contributed by atoms with E-state index in [0.717, 1.165) is 31.1 Å². The molecule has 2 unspecified atom stereocenters. The molecule has 15 heteroatoms. The van der Waals surface area contributed by atoms with Gasteiger partial charge in [-0.25, -0.2) is 18.2 Å². The zero-order chi connectivity index (χ0) is 40.1. The first kappa shape index (κ1) is 39.4. The molecule has 57 heavy (non-hydrogen) atoms. The Bertz CT molecular complexity index is 2030. The number of sulfonamides is 1. The van der Waals surface area contributed by atoms with Gasteiger partial charge in [0.1, 0.15) is 35.6 Å². The van der Waals surface area contributed by atoms with Crippen LogP contribution < -0.4 is 24.8 Å². The van der Waals surface area contributed by atoms with Crippen LogP contribution in [0, 0.1) is 29.6 Å². The molecule has 4 saturated carbocycles. The van der Waals surface area contributed by atoms with E-state index in [1.807, 2.05) is 50.3 Å². The van der Waals surface area contributed by atoms with Crippen LogP contribution in [0.4, 0.5) is 4.79 Å².